The van der Waals surface area contributed by atoms with Gasteiger partial charge in [-0.3, -0.25) is 0 Å². The Morgan fingerprint density at radius 1 is 1.22 bits per heavy atom. The molecule has 2 rings (SSSR count). The van der Waals surface area contributed by atoms with E-state index < -0.39 is 5.60 Å². The van der Waals surface area contributed by atoms with E-state index in [-0.39, 0.29) is 6.09 Å². The summed E-state index contributed by atoms with van der Waals surface area (Å²) in [6, 6.07) is 0. The molecule has 1 amide bonds. The van der Waals surface area contributed by atoms with Crippen LogP contribution in [0.5, 0.6) is 0 Å². The molecular weight excluding hydrogens is 228 g/mol. The summed E-state index contributed by atoms with van der Waals surface area (Å²) in [6.07, 6.45) is -0.157. The number of fused-ring (bicyclic) bond motifs is 2. The minimum atomic E-state index is -0.405. The maximum Gasteiger partial charge on any atom is 0.410 e. The predicted octanol–water partition coefficient (Wildman–Crippen LogP) is 2.10. The Hall–Kier alpha value is -0.770. The summed E-state index contributed by atoms with van der Waals surface area (Å²) >= 11 is 0. The second kappa shape index (κ2) is 4.41. The van der Waals surface area contributed by atoms with Crippen molar-refractivity contribution in [3.8, 4) is 0 Å². The quantitative estimate of drug-likeness (QED) is 0.720. The van der Waals surface area contributed by atoms with Gasteiger partial charge in [0.15, 0.2) is 0 Å². The standard InChI is InChI=1S/C14H26N2O2/c1-13(2,3)18-12(17)16-8-10-6-15-7-11(9-16)14(10,4)5/h10-11,15H,6-9H2,1-5H3. The molecule has 2 aliphatic rings. The third-order valence-corrected chi connectivity index (χ3v) is 4.42. The Balaban J connectivity index is 2.04. The Kier molecular flexibility index (Phi) is 3.34. The zero-order chi connectivity index (χ0) is 13.6. The van der Waals surface area contributed by atoms with Crippen molar-refractivity contribution in [2.75, 3.05) is 26.2 Å². The van der Waals surface area contributed by atoms with Crippen LogP contribution in [0.2, 0.25) is 0 Å². The lowest BCUT2D eigenvalue weighted by Gasteiger charge is -2.52. The van der Waals surface area contributed by atoms with Crippen LogP contribution in [0.1, 0.15) is 34.6 Å². The number of carbonyl (C=O) groups is 1. The van der Waals surface area contributed by atoms with Crippen LogP contribution in [-0.4, -0.2) is 42.8 Å². The van der Waals surface area contributed by atoms with Crippen molar-refractivity contribution in [2.45, 2.75) is 40.2 Å². The van der Waals surface area contributed by atoms with E-state index in [0.29, 0.717) is 17.3 Å². The Morgan fingerprint density at radius 3 is 2.17 bits per heavy atom. The van der Waals surface area contributed by atoms with Crippen LogP contribution in [0.4, 0.5) is 4.79 Å². The van der Waals surface area contributed by atoms with Gasteiger partial charge in [-0.05, 0) is 38.0 Å². The van der Waals surface area contributed by atoms with Crippen molar-refractivity contribution in [1.82, 2.24) is 10.2 Å². The summed E-state index contributed by atoms with van der Waals surface area (Å²) in [7, 11) is 0. The second-order valence-corrected chi connectivity index (χ2v) is 7.26. The highest BCUT2D eigenvalue weighted by molar-refractivity contribution is 5.68. The molecule has 2 saturated heterocycles. The SMILES string of the molecule is CC(C)(C)OC(=O)N1CC2CNCC(C1)C2(C)C. The summed E-state index contributed by atoms with van der Waals surface area (Å²) in [6.45, 7) is 14.0. The maximum absolute atomic E-state index is 12.1. The van der Waals surface area contributed by atoms with Gasteiger partial charge in [-0.1, -0.05) is 13.8 Å². The molecule has 2 bridgehead atoms. The topological polar surface area (TPSA) is 41.6 Å². The number of piperidine rings is 2. The van der Waals surface area contributed by atoms with E-state index in [4.69, 9.17) is 4.74 Å². The maximum atomic E-state index is 12.1. The number of hydrogen-bond donors (Lipinski definition) is 1. The number of nitrogens with one attached hydrogen (secondary N) is 1. The van der Waals surface area contributed by atoms with Crippen molar-refractivity contribution >= 4 is 6.09 Å². The normalized spacial score (nSPS) is 31.1. The largest absolute Gasteiger partial charge is 0.444 e. The van der Waals surface area contributed by atoms with Crippen molar-refractivity contribution in [3.05, 3.63) is 0 Å². The molecule has 0 aliphatic carbocycles. The predicted molar refractivity (Wildman–Crippen MR) is 71.4 cm³/mol. The molecule has 2 heterocycles. The molecule has 0 spiro atoms. The number of carbonyl (C=O) groups excluding carboxylic acids is 1. The lowest BCUT2D eigenvalue weighted by atomic mass is 9.64. The summed E-state index contributed by atoms with van der Waals surface area (Å²) < 4.78 is 5.48. The Labute approximate surface area is 110 Å². The molecule has 2 unspecified atom stereocenters. The second-order valence-electron chi connectivity index (χ2n) is 7.26. The average molecular weight is 254 g/mol. The van der Waals surface area contributed by atoms with E-state index in [2.05, 4.69) is 19.2 Å². The number of amides is 1. The molecule has 0 aromatic rings. The highest BCUT2D eigenvalue weighted by atomic mass is 16.6. The van der Waals surface area contributed by atoms with Crippen molar-refractivity contribution in [2.24, 2.45) is 17.3 Å². The van der Waals surface area contributed by atoms with Gasteiger partial charge in [-0.25, -0.2) is 4.79 Å². The van der Waals surface area contributed by atoms with E-state index >= 15 is 0 Å². The van der Waals surface area contributed by atoms with Gasteiger partial charge in [0.2, 0.25) is 0 Å². The third kappa shape index (κ3) is 2.63. The number of nitrogens with zero attached hydrogens (tertiary/aromatic N) is 1. The van der Waals surface area contributed by atoms with Crippen molar-refractivity contribution < 1.29 is 9.53 Å². The summed E-state index contributed by atoms with van der Waals surface area (Å²) in [4.78, 5) is 14.0. The molecule has 2 fully saturated rings. The van der Waals surface area contributed by atoms with Crippen LogP contribution >= 0.6 is 0 Å². The molecule has 0 saturated carbocycles. The van der Waals surface area contributed by atoms with Crippen LogP contribution < -0.4 is 5.32 Å². The van der Waals surface area contributed by atoms with E-state index in [1.165, 1.54) is 0 Å². The molecule has 2 aliphatic heterocycles. The Bertz CT molecular complexity index is 317. The zero-order valence-corrected chi connectivity index (χ0v) is 12.2. The molecule has 1 N–H and O–H groups in total. The fourth-order valence-corrected chi connectivity index (χ4v) is 2.97. The molecule has 2 atom stereocenters. The van der Waals surface area contributed by atoms with Crippen LogP contribution in [0.15, 0.2) is 0 Å². The lowest BCUT2D eigenvalue weighted by molar-refractivity contribution is -0.0398. The van der Waals surface area contributed by atoms with Gasteiger partial charge < -0.3 is 15.0 Å². The third-order valence-electron chi connectivity index (χ3n) is 4.42. The number of ether oxygens (including phenoxy) is 1. The first-order valence-electron chi connectivity index (χ1n) is 6.89. The van der Waals surface area contributed by atoms with Crippen LogP contribution in [-0.2, 0) is 4.74 Å². The molecule has 0 aromatic carbocycles. The molecule has 4 nitrogen and oxygen atoms in total. The van der Waals surface area contributed by atoms with Gasteiger partial charge in [0.05, 0.1) is 0 Å². The zero-order valence-electron chi connectivity index (χ0n) is 12.2. The summed E-state index contributed by atoms with van der Waals surface area (Å²) in [5.41, 5.74) is -0.0822. The van der Waals surface area contributed by atoms with E-state index in [0.717, 1.165) is 26.2 Å². The molecule has 18 heavy (non-hydrogen) atoms. The van der Waals surface area contributed by atoms with Gasteiger partial charge in [-0.15, -0.1) is 0 Å². The van der Waals surface area contributed by atoms with E-state index in [9.17, 15) is 4.79 Å². The van der Waals surface area contributed by atoms with Gasteiger partial charge in [-0.2, -0.15) is 0 Å². The highest BCUT2D eigenvalue weighted by Crippen LogP contribution is 2.42. The van der Waals surface area contributed by atoms with Crippen LogP contribution in [0.25, 0.3) is 0 Å². The molecule has 4 heteroatoms. The smallest absolute Gasteiger partial charge is 0.410 e. The summed E-state index contributed by atoms with van der Waals surface area (Å²) in [5, 5.41) is 3.47. The number of likely N-dealkylation sites (tertiary alicyclic amines) is 1. The lowest BCUT2D eigenvalue weighted by Crippen LogP contribution is -2.61. The minimum Gasteiger partial charge on any atom is -0.444 e. The minimum absolute atomic E-state index is 0.157. The average Bonchev–Trinajstić information content (AvgIpc) is 2.11. The van der Waals surface area contributed by atoms with E-state index in [1.54, 1.807) is 0 Å². The molecule has 0 radical (unpaired) electrons. The summed E-state index contributed by atoms with van der Waals surface area (Å²) in [5.74, 6) is 1.05. The Morgan fingerprint density at radius 2 is 1.72 bits per heavy atom. The van der Waals surface area contributed by atoms with Crippen LogP contribution in [0.3, 0.4) is 0 Å². The first-order valence-corrected chi connectivity index (χ1v) is 6.89. The fraction of sp³-hybridized carbons (Fsp3) is 0.929. The van der Waals surface area contributed by atoms with Gasteiger partial charge in [0.25, 0.3) is 0 Å². The number of hydrogen-bond acceptors (Lipinski definition) is 3. The molecular formula is C14H26N2O2. The molecule has 104 valence electrons. The molecule has 0 aromatic heterocycles. The van der Waals surface area contributed by atoms with Crippen molar-refractivity contribution in [1.29, 1.82) is 0 Å². The van der Waals surface area contributed by atoms with E-state index in [1.807, 2.05) is 25.7 Å². The van der Waals surface area contributed by atoms with Gasteiger partial charge >= 0.3 is 6.09 Å². The fourth-order valence-electron chi connectivity index (χ4n) is 2.97. The highest BCUT2D eigenvalue weighted by Gasteiger charge is 2.46. The monoisotopic (exact) mass is 254 g/mol. The van der Waals surface area contributed by atoms with Crippen LogP contribution in [0, 0.1) is 17.3 Å². The van der Waals surface area contributed by atoms with Crippen molar-refractivity contribution in [3.63, 3.8) is 0 Å². The first kappa shape index (κ1) is 13.7. The van der Waals surface area contributed by atoms with Gasteiger partial charge in [0.1, 0.15) is 5.60 Å². The number of rotatable bonds is 0. The van der Waals surface area contributed by atoms with Gasteiger partial charge in [0, 0.05) is 26.2 Å². The first-order chi connectivity index (χ1) is 8.20.